The zero-order chi connectivity index (χ0) is 20.5. The van der Waals surface area contributed by atoms with Crippen molar-refractivity contribution in [1.29, 1.82) is 0 Å². The highest BCUT2D eigenvalue weighted by molar-refractivity contribution is 6.20. The number of hydrogen-bond acceptors (Lipinski definition) is 6. The van der Waals surface area contributed by atoms with Crippen LogP contribution in [-0.2, 0) is 21.0 Å². The van der Waals surface area contributed by atoms with Crippen molar-refractivity contribution >= 4 is 29.4 Å². The van der Waals surface area contributed by atoms with Gasteiger partial charge in [0.15, 0.2) is 0 Å². The molecule has 0 saturated heterocycles. The van der Waals surface area contributed by atoms with Gasteiger partial charge in [-0.15, -0.1) is 0 Å². The molecule has 1 aliphatic rings. The van der Waals surface area contributed by atoms with Gasteiger partial charge in [0.25, 0.3) is 11.8 Å². The average molecular weight is 384 g/mol. The Kier molecular flexibility index (Phi) is 5.00. The number of rotatable bonds is 5. The molecular weight excluding hydrogens is 364 g/mol. The quantitative estimate of drug-likeness (QED) is 0.790. The molecule has 146 valence electrons. The summed E-state index contributed by atoms with van der Waals surface area (Å²) in [7, 11) is 0. The minimum atomic E-state index is -0.842. The summed E-state index contributed by atoms with van der Waals surface area (Å²) in [5.74, 6) is -2.39. The fourth-order valence-electron chi connectivity index (χ4n) is 2.71. The van der Waals surface area contributed by atoms with Crippen molar-refractivity contribution in [3.05, 3.63) is 47.8 Å². The minimum absolute atomic E-state index is 0.156. The maximum absolute atomic E-state index is 12.2. The lowest BCUT2D eigenvalue weighted by Crippen LogP contribution is -2.34. The smallest absolute Gasteiger partial charge is 0.328 e. The van der Waals surface area contributed by atoms with Crippen LogP contribution in [0.1, 0.15) is 47.9 Å². The lowest BCUT2D eigenvalue weighted by atomic mass is 9.92. The van der Waals surface area contributed by atoms with Gasteiger partial charge in [0.1, 0.15) is 6.54 Å². The number of carbonyl (C=O) groups is 4. The van der Waals surface area contributed by atoms with Crippen LogP contribution >= 0.6 is 0 Å². The molecule has 0 radical (unpaired) electrons. The fraction of sp³-hybridized carbons (Fsp3) is 0.316. The van der Waals surface area contributed by atoms with Crippen molar-refractivity contribution in [1.82, 2.24) is 14.8 Å². The number of nitrogens with zero attached hydrogens (tertiary/aromatic N) is 3. The summed E-state index contributed by atoms with van der Waals surface area (Å²) < 4.78 is 1.24. The van der Waals surface area contributed by atoms with Crippen molar-refractivity contribution in [3.63, 3.8) is 0 Å². The van der Waals surface area contributed by atoms with E-state index in [1.54, 1.807) is 12.1 Å². The van der Waals surface area contributed by atoms with Crippen LogP contribution in [0.25, 0.3) is 0 Å². The summed E-state index contributed by atoms with van der Waals surface area (Å²) in [6.07, 6.45) is 3.19. The highest BCUT2D eigenvalue weighted by Gasteiger charge is 2.38. The molecule has 1 N–H and O–H groups in total. The Bertz CT molecular complexity index is 922. The number of aromatic nitrogens is 2. The van der Waals surface area contributed by atoms with E-state index < -0.39 is 17.8 Å². The molecule has 1 aromatic heterocycles. The Labute approximate surface area is 161 Å². The molecule has 1 aromatic carbocycles. The van der Waals surface area contributed by atoms with E-state index >= 15 is 0 Å². The number of nitrogens with one attached hydrogen (secondary N) is 1. The molecule has 3 amide bonds. The molecule has 28 heavy (non-hydrogen) atoms. The Morgan fingerprint density at radius 2 is 1.71 bits per heavy atom. The molecule has 1 aliphatic heterocycles. The van der Waals surface area contributed by atoms with Gasteiger partial charge in [-0.2, -0.15) is 5.10 Å². The number of benzene rings is 1. The van der Waals surface area contributed by atoms with Gasteiger partial charge >= 0.3 is 5.97 Å². The molecule has 0 bridgehead atoms. The van der Waals surface area contributed by atoms with Gasteiger partial charge in [-0.3, -0.25) is 19.1 Å². The number of imide groups is 1. The van der Waals surface area contributed by atoms with Gasteiger partial charge in [-0.05, 0) is 17.5 Å². The SMILES string of the molecule is CC(C)(C)CC(=O)Nc1cnn(CC(=O)ON2C(=O)c3ccccc3C2=O)c1. The molecule has 0 atom stereocenters. The largest absolute Gasteiger partial charge is 0.354 e. The molecule has 0 spiro atoms. The second-order valence-electron chi connectivity index (χ2n) is 7.63. The predicted octanol–water partition coefficient (Wildman–Crippen LogP) is 2.01. The third kappa shape index (κ3) is 4.25. The highest BCUT2D eigenvalue weighted by Crippen LogP contribution is 2.23. The summed E-state index contributed by atoms with van der Waals surface area (Å²) >= 11 is 0. The highest BCUT2D eigenvalue weighted by atomic mass is 16.7. The first-order chi connectivity index (χ1) is 13.1. The van der Waals surface area contributed by atoms with Crippen molar-refractivity contribution in [2.24, 2.45) is 5.41 Å². The average Bonchev–Trinajstić information content (AvgIpc) is 3.11. The summed E-state index contributed by atoms with van der Waals surface area (Å²) in [5.41, 5.74) is 0.644. The molecule has 2 aromatic rings. The maximum atomic E-state index is 12.2. The summed E-state index contributed by atoms with van der Waals surface area (Å²) in [4.78, 5) is 53.4. The number of anilines is 1. The minimum Gasteiger partial charge on any atom is -0.328 e. The Hall–Kier alpha value is -3.49. The van der Waals surface area contributed by atoms with Crippen LogP contribution in [0.15, 0.2) is 36.7 Å². The predicted molar refractivity (Wildman–Crippen MR) is 98.0 cm³/mol. The molecule has 2 heterocycles. The molecule has 9 heteroatoms. The number of fused-ring (bicyclic) bond motifs is 1. The van der Waals surface area contributed by atoms with Crippen LogP contribution in [0, 0.1) is 5.41 Å². The van der Waals surface area contributed by atoms with E-state index in [4.69, 9.17) is 4.84 Å². The molecule has 9 nitrogen and oxygen atoms in total. The van der Waals surface area contributed by atoms with E-state index in [-0.39, 0.29) is 29.0 Å². The first kappa shape index (κ1) is 19.3. The van der Waals surface area contributed by atoms with E-state index in [0.717, 1.165) is 0 Å². The summed E-state index contributed by atoms with van der Waals surface area (Å²) in [6.45, 7) is 5.52. The van der Waals surface area contributed by atoms with E-state index in [2.05, 4.69) is 10.4 Å². The van der Waals surface area contributed by atoms with Crippen LogP contribution in [-0.4, -0.2) is 38.5 Å². The van der Waals surface area contributed by atoms with Gasteiger partial charge in [0.2, 0.25) is 5.91 Å². The van der Waals surface area contributed by atoms with Crippen LogP contribution in [0.4, 0.5) is 5.69 Å². The third-order valence-electron chi connectivity index (χ3n) is 3.85. The molecule has 0 aliphatic carbocycles. The van der Waals surface area contributed by atoms with Gasteiger partial charge in [-0.1, -0.05) is 38.0 Å². The second kappa shape index (κ2) is 7.26. The van der Waals surface area contributed by atoms with E-state index in [9.17, 15) is 19.2 Å². The number of hydroxylamine groups is 2. The van der Waals surface area contributed by atoms with Crippen LogP contribution in [0.3, 0.4) is 0 Å². The normalized spacial score (nSPS) is 13.5. The van der Waals surface area contributed by atoms with Crippen LogP contribution in [0.5, 0.6) is 0 Å². The van der Waals surface area contributed by atoms with Crippen molar-refractivity contribution in [3.8, 4) is 0 Å². The Balaban J connectivity index is 1.58. The third-order valence-corrected chi connectivity index (χ3v) is 3.85. The first-order valence-corrected chi connectivity index (χ1v) is 8.65. The molecule has 0 fully saturated rings. The lowest BCUT2D eigenvalue weighted by Gasteiger charge is -2.16. The fourth-order valence-corrected chi connectivity index (χ4v) is 2.71. The molecule has 3 rings (SSSR count). The van der Waals surface area contributed by atoms with E-state index in [1.807, 2.05) is 20.8 Å². The first-order valence-electron chi connectivity index (χ1n) is 8.65. The maximum Gasteiger partial charge on any atom is 0.354 e. The van der Waals surface area contributed by atoms with Crippen LogP contribution in [0.2, 0.25) is 0 Å². The van der Waals surface area contributed by atoms with Crippen molar-refractivity contribution in [2.75, 3.05) is 5.32 Å². The molecule has 0 unspecified atom stereocenters. The van der Waals surface area contributed by atoms with Crippen LogP contribution < -0.4 is 5.32 Å². The summed E-state index contributed by atoms with van der Waals surface area (Å²) in [6, 6.07) is 6.22. The van der Waals surface area contributed by atoms with Crippen molar-refractivity contribution in [2.45, 2.75) is 33.7 Å². The number of amides is 3. The topological polar surface area (TPSA) is 111 Å². The lowest BCUT2D eigenvalue weighted by molar-refractivity contribution is -0.169. The monoisotopic (exact) mass is 384 g/mol. The van der Waals surface area contributed by atoms with Crippen molar-refractivity contribution < 1.29 is 24.0 Å². The van der Waals surface area contributed by atoms with E-state index in [0.29, 0.717) is 17.2 Å². The molecular formula is C19H20N4O5. The zero-order valence-corrected chi connectivity index (χ0v) is 15.8. The zero-order valence-electron chi connectivity index (χ0n) is 15.8. The summed E-state index contributed by atoms with van der Waals surface area (Å²) in [5, 5.41) is 7.12. The molecule has 0 saturated carbocycles. The van der Waals surface area contributed by atoms with Gasteiger partial charge < -0.3 is 10.2 Å². The van der Waals surface area contributed by atoms with Gasteiger partial charge in [0, 0.05) is 12.6 Å². The second-order valence-corrected chi connectivity index (χ2v) is 7.63. The number of carbonyl (C=O) groups excluding carboxylic acids is 4. The van der Waals surface area contributed by atoms with E-state index in [1.165, 1.54) is 29.2 Å². The number of hydrogen-bond donors (Lipinski definition) is 1. The Morgan fingerprint density at radius 1 is 1.11 bits per heavy atom. The standard InChI is InChI=1S/C19H20N4O5/c1-19(2,3)8-15(24)21-12-9-20-22(10-12)11-16(25)28-23-17(26)13-6-4-5-7-14(13)18(23)27/h4-7,9-10H,8,11H2,1-3H3,(H,21,24). The Morgan fingerprint density at radius 3 is 2.29 bits per heavy atom. The van der Waals surface area contributed by atoms with Gasteiger partial charge in [0.05, 0.1) is 23.0 Å². The van der Waals surface area contributed by atoms with Gasteiger partial charge in [-0.25, -0.2) is 4.79 Å².